The van der Waals surface area contributed by atoms with E-state index in [9.17, 15) is 0 Å². The maximum atomic E-state index is 5.17. The van der Waals surface area contributed by atoms with Gasteiger partial charge in [0.15, 0.2) is 17.5 Å². The Hall–Kier alpha value is -8.21. The Morgan fingerprint density at radius 3 is 1.31 bits per heavy atom. The van der Waals surface area contributed by atoms with Crippen LogP contribution in [0.5, 0.6) is 0 Å². The van der Waals surface area contributed by atoms with Crippen LogP contribution in [0.3, 0.4) is 0 Å². The molecule has 0 saturated carbocycles. The van der Waals surface area contributed by atoms with Gasteiger partial charge in [-0.2, -0.15) is 0 Å². The van der Waals surface area contributed by atoms with Crippen molar-refractivity contribution in [2.45, 2.75) is 5.41 Å². The van der Waals surface area contributed by atoms with E-state index in [1.54, 1.807) is 0 Å². The van der Waals surface area contributed by atoms with Gasteiger partial charge in [-0.05, 0) is 56.6 Å². The first kappa shape index (κ1) is 36.8. The number of fused-ring (bicyclic) bond motifs is 2. The summed E-state index contributed by atoms with van der Waals surface area (Å²) in [5, 5.41) is 1.15. The van der Waals surface area contributed by atoms with Gasteiger partial charge in [-0.25, -0.2) is 15.0 Å². The molecule has 292 valence electrons. The molecule has 11 rings (SSSR count). The summed E-state index contributed by atoms with van der Waals surface area (Å²) in [7, 11) is 0. The maximum absolute atomic E-state index is 5.17. The quantitative estimate of drug-likeness (QED) is 0.146. The van der Waals surface area contributed by atoms with Gasteiger partial charge in [-0.1, -0.05) is 219 Å². The van der Waals surface area contributed by atoms with Gasteiger partial charge < -0.3 is 4.57 Å². The lowest BCUT2D eigenvalue weighted by Gasteiger charge is -2.41. The molecule has 1 aliphatic heterocycles. The third kappa shape index (κ3) is 5.88. The van der Waals surface area contributed by atoms with Gasteiger partial charge in [-0.15, -0.1) is 0 Å². The van der Waals surface area contributed by atoms with E-state index < -0.39 is 5.41 Å². The number of nitrogens with zero attached hydrogens (tertiary/aromatic N) is 4. The number of rotatable bonds is 9. The summed E-state index contributed by atoms with van der Waals surface area (Å²) in [4.78, 5) is 15.4. The first-order valence-electron chi connectivity index (χ1n) is 20.9. The van der Waals surface area contributed by atoms with Crippen molar-refractivity contribution in [1.29, 1.82) is 0 Å². The van der Waals surface area contributed by atoms with Crippen LogP contribution < -0.4 is 0 Å². The minimum Gasteiger partial charge on any atom is -0.309 e. The van der Waals surface area contributed by atoms with E-state index in [4.69, 9.17) is 15.0 Å². The van der Waals surface area contributed by atoms with E-state index >= 15 is 0 Å². The number of benzene rings is 8. The largest absolute Gasteiger partial charge is 0.309 e. The normalized spacial score (nSPS) is 14.0. The average molecular weight is 793 g/mol. The SMILES string of the molecule is C=Cc1c(C=C)n2c3c(cccc13)C(c1ccccc1)(c1ccc(-c3nc(-c4ccc(-c5ccccc5)cc4)nc(-c4ccc(-c5ccccc5)cc4)n3)cc1)c1ccccc1-2. The highest BCUT2D eigenvalue weighted by molar-refractivity contribution is 6.00. The van der Waals surface area contributed by atoms with Crippen LogP contribution in [0.2, 0.25) is 0 Å². The van der Waals surface area contributed by atoms with Crippen LogP contribution in [0.1, 0.15) is 33.5 Å². The molecule has 3 heterocycles. The summed E-state index contributed by atoms with van der Waals surface area (Å²) in [5.74, 6) is 1.84. The standard InChI is InChI=1S/C58H40N4/c1-3-48-49-23-16-25-51-54(49)62(52(48)4-2)53-26-15-14-24-50(53)58(51,46-21-12-7-13-22-46)47-37-35-45(36-38-47)57-60-55(43-31-27-41(28-32-43)39-17-8-5-9-18-39)59-56(61-57)44-33-29-42(30-34-44)40-19-10-6-11-20-40/h3-38H,1-2H2. The van der Waals surface area contributed by atoms with Crippen LogP contribution in [0, 0.1) is 0 Å². The number of hydrogen-bond donors (Lipinski definition) is 0. The van der Waals surface area contributed by atoms with Gasteiger partial charge >= 0.3 is 0 Å². The average Bonchev–Trinajstić information content (AvgIpc) is 3.69. The molecule has 4 nitrogen and oxygen atoms in total. The summed E-state index contributed by atoms with van der Waals surface area (Å²) < 4.78 is 2.37. The highest BCUT2D eigenvalue weighted by atomic mass is 15.0. The lowest BCUT2D eigenvalue weighted by molar-refractivity contribution is 0.724. The Bertz CT molecular complexity index is 3180. The fourth-order valence-electron chi connectivity index (χ4n) is 9.47. The van der Waals surface area contributed by atoms with Crippen LogP contribution in [0.25, 0.3) is 85.2 Å². The minimum absolute atomic E-state index is 0.607. The molecule has 10 aromatic rings. The number of para-hydroxylation sites is 2. The van der Waals surface area contributed by atoms with Crippen molar-refractivity contribution in [3.8, 4) is 62.1 Å². The molecule has 0 spiro atoms. The zero-order valence-electron chi connectivity index (χ0n) is 34.0. The van der Waals surface area contributed by atoms with Crippen LogP contribution >= 0.6 is 0 Å². The molecular formula is C58H40N4. The lowest BCUT2D eigenvalue weighted by Crippen LogP contribution is -2.35. The second-order valence-corrected chi connectivity index (χ2v) is 15.6. The van der Waals surface area contributed by atoms with E-state index in [1.165, 1.54) is 16.7 Å². The monoisotopic (exact) mass is 792 g/mol. The smallest absolute Gasteiger partial charge is 0.164 e. The minimum atomic E-state index is -0.641. The number of aromatic nitrogens is 4. The van der Waals surface area contributed by atoms with E-state index in [-0.39, 0.29) is 0 Å². The zero-order chi connectivity index (χ0) is 41.6. The van der Waals surface area contributed by atoms with Crippen molar-refractivity contribution < 1.29 is 0 Å². The molecular weight excluding hydrogens is 753 g/mol. The second-order valence-electron chi connectivity index (χ2n) is 15.6. The topological polar surface area (TPSA) is 43.6 Å². The van der Waals surface area contributed by atoms with Crippen molar-refractivity contribution in [3.63, 3.8) is 0 Å². The van der Waals surface area contributed by atoms with Gasteiger partial charge in [0.1, 0.15) is 0 Å². The first-order valence-corrected chi connectivity index (χ1v) is 20.9. The molecule has 1 atom stereocenters. The molecule has 0 N–H and O–H groups in total. The molecule has 0 saturated heterocycles. The third-order valence-corrected chi connectivity index (χ3v) is 12.3. The van der Waals surface area contributed by atoms with Crippen molar-refractivity contribution >= 4 is 23.1 Å². The van der Waals surface area contributed by atoms with E-state index in [0.29, 0.717) is 17.5 Å². The Labute approximate surface area is 361 Å². The Morgan fingerprint density at radius 1 is 0.371 bits per heavy atom. The summed E-state index contributed by atoms with van der Waals surface area (Å²) in [6, 6.07) is 72.9. The van der Waals surface area contributed by atoms with Gasteiger partial charge in [0.25, 0.3) is 0 Å². The molecule has 8 aromatic carbocycles. The third-order valence-electron chi connectivity index (χ3n) is 12.3. The lowest BCUT2D eigenvalue weighted by atomic mass is 9.63. The van der Waals surface area contributed by atoms with Crippen LogP contribution in [-0.2, 0) is 5.41 Å². The van der Waals surface area contributed by atoms with Gasteiger partial charge in [0, 0.05) is 27.6 Å². The Kier molecular flexibility index (Phi) is 8.98. The van der Waals surface area contributed by atoms with Gasteiger partial charge in [0.05, 0.1) is 22.3 Å². The highest BCUT2D eigenvalue weighted by Crippen LogP contribution is 2.54. The predicted octanol–water partition coefficient (Wildman–Crippen LogP) is 14.1. The predicted molar refractivity (Wildman–Crippen MR) is 256 cm³/mol. The molecule has 0 radical (unpaired) electrons. The summed E-state index contributed by atoms with van der Waals surface area (Å²) in [5.41, 5.74) is 15.8. The van der Waals surface area contributed by atoms with Crippen LogP contribution in [0.15, 0.2) is 219 Å². The van der Waals surface area contributed by atoms with E-state index in [1.807, 2.05) is 24.3 Å². The molecule has 1 aliphatic rings. The zero-order valence-corrected chi connectivity index (χ0v) is 34.0. The molecule has 1 unspecified atom stereocenters. The number of hydrogen-bond acceptors (Lipinski definition) is 3. The van der Waals surface area contributed by atoms with Crippen molar-refractivity contribution in [3.05, 3.63) is 253 Å². The Morgan fingerprint density at radius 2 is 0.790 bits per heavy atom. The first-order chi connectivity index (χ1) is 30.6. The molecule has 0 aliphatic carbocycles. The van der Waals surface area contributed by atoms with E-state index in [2.05, 4.69) is 212 Å². The molecule has 0 bridgehead atoms. The fraction of sp³-hybridized carbons (Fsp3) is 0.0172. The molecule has 62 heavy (non-hydrogen) atoms. The van der Waals surface area contributed by atoms with Gasteiger partial charge in [0.2, 0.25) is 0 Å². The highest BCUT2D eigenvalue weighted by Gasteiger charge is 2.45. The molecule has 4 heteroatoms. The second kappa shape index (κ2) is 15.1. The molecule has 2 aromatic heterocycles. The Balaban J connectivity index is 1.08. The summed E-state index contributed by atoms with van der Waals surface area (Å²) in [6.45, 7) is 8.50. The molecule has 0 fully saturated rings. The van der Waals surface area contributed by atoms with Crippen molar-refractivity contribution in [2.24, 2.45) is 0 Å². The van der Waals surface area contributed by atoms with Crippen LogP contribution in [-0.4, -0.2) is 19.5 Å². The molecule has 0 amide bonds. The maximum Gasteiger partial charge on any atom is 0.164 e. The van der Waals surface area contributed by atoms with Crippen molar-refractivity contribution in [1.82, 2.24) is 19.5 Å². The van der Waals surface area contributed by atoms with Gasteiger partial charge in [-0.3, -0.25) is 0 Å². The van der Waals surface area contributed by atoms with Crippen molar-refractivity contribution in [2.75, 3.05) is 0 Å². The summed E-state index contributed by atoms with van der Waals surface area (Å²) in [6.07, 6.45) is 3.91. The summed E-state index contributed by atoms with van der Waals surface area (Å²) >= 11 is 0. The van der Waals surface area contributed by atoms with E-state index in [0.717, 1.165) is 72.4 Å². The fourth-order valence-corrected chi connectivity index (χ4v) is 9.47. The van der Waals surface area contributed by atoms with Crippen LogP contribution in [0.4, 0.5) is 0 Å².